The summed E-state index contributed by atoms with van der Waals surface area (Å²) in [4.78, 5) is 25.4. The van der Waals surface area contributed by atoms with Crippen LogP contribution in [-0.4, -0.2) is 30.0 Å². The molecule has 0 saturated heterocycles. The number of carbonyl (C=O) groups excluding carboxylic acids is 1. The molecule has 0 saturated carbocycles. The quantitative estimate of drug-likeness (QED) is 0.518. The van der Waals surface area contributed by atoms with Gasteiger partial charge >= 0.3 is 5.69 Å². The summed E-state index contributed by atoms with van der Waals surface area (Å²) in [5, 5.41) is 1.80. The first kappa shape index (κ1) is 18.7. The third-order valence-corrected chi connectivity index (χ3v) is 6.24. The van der Waals surface area contributed by atoms with Gasteiger partial charge in [-0.3, -0.25) is 4.79 Å². The average Bonchev–Trinajstić information content (AvgIpc) is 3.15. The lowest BCUT2D eigenvalue weighted by Crippen LogP contribution is -2.32. The van der Waals surface area contributed by atoms with Gasteiger partial charge in [0.05, 0.1) is 12.0 Å². The minimum atomic E-state index is -4.15. The van der Waals surface area contributed by atoms with Gasteiger partial charge in [-0.15, -0.1) is 0 Å². The van der Waals surface area contributed by atoms with Crippen LogP contribution in [0, 0.1) is 0 Å². The fourth-order valence-corrected chi connectivity index (χ4v) is 4.24. The zero-order valence-electron chi connectivity index (χ0n) is 15.3. The van der Waals surface area contributed by atoms with Crippen LogP contribution in [0.5, 0.6) is 5.75 Å². The molecular formula is C21H16N2O5S. The maximum atomic E-state index is 12.8. The van der Waals surface area contributed by atoms with Gasteiger partial charge in [-0.05, 0) is 47.2 Å². The molecule has 3 aromatic carbocycles. The van der Waals surface area contributed by atoms with Gasteiger partial charge in [-0.25, -0.2) is 17.8 Å². The fourth-order valence-electron chi connectivity index (χ4n) is 3.02. The highest BCUT2D eigenvalue weighted by molar-refractivity contribution is 7.90. The van der Waals surface area contributed by atoms with Crippen molar-refractivity contribution in [3.05, 3.63) is 95.2 Å². The van der Waals surface area contributed by atoms with Crippen LogP contribution in [0.1, 0.15) is 10.4 Å². The van der Waals surface area contributed by atoms with Gasteiger partial charge in [0.15, 0.2) is 0 Å². The molecule has 0 spiro atoms. The van der Waals surface area contributed by atoms with Crippen LogP contribution in [0.25, 0.3) is 10.8 Å². The minimum absolute atomic E-state index is 0.0868. The van der Waals surface area contributed by atoms with Crippen molar-refractivity contribution in [1.29, 1.82) is 0 Å². The highest BCUT2D eigenvalue weighted by Gasteiger charge is 2.23. The number of benzene rings is 3. The zero-order valence-corrected chi connectivity index (χ0v) is 16.2. The molecule has 0 unspecified atom stereocenters. The monoisotopic (exact) mass is 408 g/mol. The molecule has 1 heterocycles. The lowest BCUT2D eigenvalue weighted by atomic mass is 10.1. The maximum absolute atomic E-state index is 12.8. The summed E-state index contributed by atoms with van der Waals surface area (Å²) in [6, 6.07) is 18.2. The highest BCUT2D eigenvalue weighted by Crippen LogP contribution is 2.18. The summed E-state index contributed by atoms with van der Waals surface area (Å²) in [5.41, 5.74) is -0.677. The van der Waals surface area contributed by atoms with E-state index in [0.717, 1.165) is 27.7 Å². The van der Waals surface area contributed by atoms with Gasteiger partial charge in [-0.2, -0.15) is 3.97 Å². The molecule has 0 N–H and O–H groups in total. The summed E-state index contributed by atoms with van der Waals surface area (Å²) in [6.07, 6.45) is 2.22. The molecule has 0 atom stereocenters. The second-order valence-electron chi connectivity index (χ2n) is 6.29. The number of methoxy groups -OCH3 is 1. The predicted molar refractivity (Wildman–Crippen MR) is 108 cm³/mol. The first-order valence-electron chi connectivity index (χ1n) is 8.65. The van der Waals surface area contributed by atoms with Crippen molar-refractivity contribution in [2.45, 2.75) is 4.90 Å². The fraction of sp³-hybridized carbons (Fsp3) is 0.0476. The van der Waals surface area contributed by atoms with Crippen LogP contribution in [0.3, 0.4) is 0 Å². The average molecular weight is 408 g/mol. The number of rotatable bonds is 4. The van der Waals surface area contributed by atoms with E-state index in [2.05, 4.69) is 0 Å². The van der Waals surface area contributed by atoms with Crippen LogP contribution in [0.4, 0.5) is 0 Å². The van der Waals surface area contributed by atoms with E-state index in [1.165, 1.54) is 31.4 Å². The Kier molecular flexibility index (Phi) is 4.56. The number of aromatic nitrogens is 2. The summed E-state index contributed by atoms with van der Waals surface area (Å²) < 4.78 is 31.9. The molecule has 0 aliphatic rings. The van der Waals surface area contributed by atoms with Crippen molar-refractivity contribution < 1.29 is 17.9 Å². The van der Waals surface area contributed by atoms with Gasteiger partial charge in [0.1, 0.15) is 5.75 Å². The standard InChI is InChI=1S/C21H16N2O5S/c1-28-18-8-10-19(11-9-18)29(26,27)23-13-12-22(21(23)25)20(24)17-7-6-15-4-2-3-5-16(15)14-17/h2-14H,1H3. The van der Waals surface area contributed by atoms with Gasteiger partial charge in [0.2, 0.25) is 0 Å². The number of fused-ring (bicyclic) bond motifs is 1. The minimum Gasteiger partial charge on any atom is -0.497 e. The van der Waals surface area contributed by atoms with Crippen molar-refractivity contribution in [3.63, 3.8) is 0 Å². The van der Waals surface area contributed by atoms with E-state index in [1.807, 2.05) is 24.3 Å². The molecule has 7 nitrogen and oxygen atoms in total. The Balaban J connectivity index is 1.73. The Bertz CT molecular complexity index is 1380. The zero-order chi connectivity index (χ0) is 20.6. The van der Waals surface area contributed by atoms with E-state index >= 15 is 0 Å². The second-order valence-corrected chi connectivity index (χ2v) is 8.11. The lowest BCUT2D eigenvalue weighted by Gasteiger charge is -2.06. The number of nitrogens with zero attached hydrogens (tertiary/aromatic N) is 2. The number of hydrogen-bond donors (Lipinski definition) is 0. The van der Waals surface area contributed by atoms with E-state index in [1.54, 1.807) is 18.2 Å². The van der Waals surface area contributed by atoms with E-state index in [0.29, 0.717) is 9.72 Å². The van der Waals surface area contributed by atoms with Crippen molar-refractivity contribution in [1.82, 2.24) is 8.54 Å². The van der Waals surface area contributed by atoms with Crippen molar-refractivity contribution in [3.8, 4) is 5.75 Å². The number of carbonyl (C=O) groups is 1. The van der Waals surface area contributed by atoms with E-state index in [-0.39, 0.29) is 10.5 Å². The number of hydrogen-bond acceptors (Lipinski definition) is 5. The van der Waals surface area contributed by atoms with Crippen LogP contribution in [0.2, 0.25) is 0 Å². The molecule has 0 bridgehead atoms. The lowest BCUT2D eigenvalue weighted by molar-refractivity contribution is 0.0956. The van der Waals surface area contributed by atoms with Gasteiger partial charge in [-0.1, -0.05) is 30.3 Å². The largest absolute Gasteiger partial charge is 0.497 e. The normalized spacial score (nSPS) is 11.5. The predicted octanol–water partition coefficient (Wildman–Crippen LogP) is 2.74. The van der Waals surface area contributed by atoms with Crippen molar-refractivity contribution in [2.75, 3.05) is 7.11 Å². The molecule has 1 aromatic heterocycles. The smallest absolute Gasteiger partial charge is 0.349 e. The first-order valence-corrected chi connectivity index (χ1v) is 10.1. The SMILES string of the molecule is COc1ccc(S(=O)(=O)n2ccn(C(=O)c3ccc4ccccc4c3)c2=O)cc1. The Morgan fingerprint density at radius 2 is 1.59 bits per heavy atom. The molecule has 146 valence electrons. The number of imidazole rings is 1. The summed E-state index contributed by atoms with van der Waals surface area (Å²) >= 11 is 0. The topological polar surface area (TPSA) is 87.4 Å². The third kappa shape index (κ3) is 3.23. The Morgan fingerprint density at radius 3 is 2.28 bits per heavy atom. The summed E-state index contributed by atoms with van der Waals surface area (Å²) in [5.74, 6) is -0.121. The summed E-state index contributed by atoms with van der Waals surface area (Å²) in [6.45, 7) is 0. The Hall–Kier alpha value is -3.65. The van der Waals surface area contributed by atoms with Crippen LogP contribution in [-0.2, 0) is 10.0 Å². The Morgan fingerprint density at radius 1 is 0.897 bits per heavy atom. The second kappa shape index (κ2) is 7.06. The van der Waals surface area contributed by atoms with Crippen LogP contribution in [0.15, 0.2) is 88.8 Å². The molecule has 4 rings (SSSR count). The maximum Gasteiger partial charge on any atom is 0.349 e. The van der Waals surface area contributed by atoms with Crippen molar-refractivity contribution >= 4 is 26.7 Å². The molecule has 8 heteroatoms. The highest BCUT2D eigenvalue weighted by atomic mass is 32.2. The van der Waals surface area contributed by atoms with Crippen molar-refractivity contribution in [2.24, 2.45) is 0 Å². The van der Waals surface area contributed by atoms with E-state index in [4.69, 9.17) is 4.74 Å². The molecular weight excluding hydrogens is 392 g/mol. The van der Waals surface area contributed by atoms with E-state index in [9.17, 15) is 18.0 Å². The molecule has 0 fully saturated rings. The molecule has 4 aromatic rings. The first-order chi connectivity index (χ1) is 13.9. The third-order valence-electron chi connectivity index (χ3n) is 4.58. The van der Waals surface area contributed by atoms with E-state index < -0.39 is 21.6 Å². The molecule has 29 heavy (non-hydrogen) atoms. The summed E-state index contributed by atoms with van der Waals surface area (Å²) in [7, 11) is -2.68. The number of ether oxygens (including phenoxy) is 1. The van der Waals surface area contributed by atoms with Gasteiger partial charge in [0.25, 0.3) is 15.9 Å². The molecule has 0 aliphatic heterocycles. The van der Waals surface area contributed by atoms with Crippen LogP contribution < -0.4 is 10.4 Å². The Labute approximate surface area is 166 Å². The molecule has 0 amide bonds. The van der Waals surface area contributed by atoms with Gasteiger partial charge < -0.3 is 4.74 Å². The van der Waals surface area contributed by atoms with Gasteiger partial charge in [0, 0.05) is 18.0 Å². The molecule has 0 radical (unpaired) electrons. The molecule has 0 aliphatic carbocycles. The van der Waals surface area contributed by atoms with Crippen LogP contribution >= 0.6 is 0 Å².